The molecule has 1 aromatic heterocycles. The van der Waals surface area contributed by atoms with Gasteiger partial charge >= 0.3 is 0 Å². The van der Waals surface area contributed by atoms with Gasteiger partial charge in [0.1, 0.15) is 0 Å². The van der Waals surface area contributed by atoms with Crippen molar-refractivity contribution in [3.63, 3.8) is 0 Å². The van der Waals surface area contributed by atoms with Crippen LogP contribution in [0.4, 0.5) is 0 Å². The highest BCUT2D eigenvalue weighted by Crippen LogP contribution is 2.24. The molecule has 1 heterocycles. The highest BCUT2D eigenvalue weighted by atomic mass is 15.3. The van der Waals surface area contributed by atoms with E-state index in [4.69, 9.17) is 0 Å². The van der Waals surface area contributed by atoms with Gasteiger partial charge in [-0.05, 0) is 64.5 Å². The van der Waals surface area contributed by atoms with Gasteiger partial charge in [-0.15, -0.1) is 0 Å². The first-order valence-corrected chi connectivity index (χ1v) is 8.04. The van der Waals surface area contributed by atoms with Gasteiger partial charge in [0.2, 0.25) is 0 Å². The van der Waals surface area contributed by atoms with Crippen LogP contribution in [0.1, 0.15) is 56.0 Å². The summed E-state index contributed by atoms with van der Waals surface area (Å²) in [6, 6.07) is 0.555. The lowest BCUT2D eigenvalue weighted by Gasteiger charge is -2.24. The van der Waals surface area contributed by atoms with Crippen LogP contribution in [0.2, 0.25) is 0 Å². The van der Waals surface area contributed by atoms with E-state index >= 15 is 0 Å². The molecule has 0 saturated carbocycles. The number of rotatable bonds is 6. The van der Waals surface area contributed by atoms with E-state index < -0.39 is 0 Å². The van der Waals surface area contributed by atoms with E-state index in [-0.39, 0.29) is 0 Å². The fourth-order valence-electron chi connectivity index (χ4n) is 3.31. The van der Waals surface area contributed by atoms with E-state index in [1.165, 1.54) is 49.1 Å². The number of hydrogen-bond donors (Lipinski definition) is 1. The summed E-state index contributed by atoms with van der Waals surface area (Å²) in [5, 5.41) is 8.20. The molecule has 0 amide bonds. The number of nitrogens with zero attached hydrogens (tertiary/aromatic N) is 2. The monoisotopic (exact) mass is 275 g/mol. The smallest absolute Gasteiger partial charge is 0.0628 e. The van der Waals surface area contributed by atoms with Gasteiger partial charge in [-0.25, -0.2) is 0 Å². The first-order chi connectivity index (χ1) is 9.63. The van der Waals surface area contributed by atoms with E-state index in [0.717, 1.165) is 13.0 Å². The topological polar surface area (TPSA) is 29.9 Å². The van der Waals surface area contributed by atoms with Crippen molar-refractivity contribution in [2.75, 3.05) is 6.54 Å². The Morgan fingerprint density at radius 3 is 2.70 bits per heavy atom. The number of hydrogen-bond acceptors (Lipinski definition) is 2. The Labute approximate surface area is 123 Å². The molecule has 1 atom stereocenters. The molecule has 1 aliphatic rings. The fourth-order valence-corrected chi connectivity index (χ4v) is 3.31. The largest absolute Gasteiger partial charge is 0.311 e. The van der Waals surface area contributed by atoms with Gasteiger partial charge in [0.05, 0.1) is 5.69 Å². The van der Waals surface area contributed by atoms with Gasteiger partial charge in [-0.1, -0.05) is 18.6 Å². The van der Waals surface area contributed by atoms with Crippen molar-refractivity contribution < 1.29 is 0 Å². The lowest BCUT2D eigenvalue weighted by Crippen LogP contribution is -2.32. The summed E-state index contributed by atoms with van der Waals surface area (Å²) in [6.07, 6.45) is 10.1. The van der Waals surface area contributed by atoms with Crippen molar-refractivity contribution in [3.8, 4) is 0 Å². The summed E-state index contributed by atoms with van der Waals surface area (Å²) < 4.78 is 2.01. The Kier molecular flexibility index (Phi) is 5.41. The predicted molar refractivity (Wildman–Crippen MR) is 85.0 cm³/mol. The Morgan fingerprint density at radius 2 is 2.15 bits per heavy atom. The highest BCUT2D eigenvalue weighted by molar-refractivity contribution is 5.25. The first kappa shape index (κ1) is 15.3. The van der Waals surface area contributed by atoms with E-state index in [2.05, 4.69) is 37.3 Å². The van der Waals surface area contributed by atoms with E-state index in [9.17, 15) is 0 Å². The zero-order valence-electron chi connectivity index (χ0n) is 13.5. The molecule has 0 aliphatic heterocycles. The lowest BCUT2D eigenvalue weighted by molar-refractivity contribution is 0.514. The van der Waals surface area contributed by atoms with Crippen molar-refractivity contribution >= 4 is 0 Å². The maximum atomic E-state index is 4.53. The molecule has 0 bridgehead atoms. The average molecular weight is 275 g/mol. The number of allylic oxidation sites excluding steroid dienone is 1. The molecule has 2 rings (SSSR count). The third-order valence-electron chi connectivity index (χ3n) is 4.57. The molecule has 20 heavy (non-hydrogen) atoms. The highest BCUT2D eigenvalue weighted by Gasteiger charge is 2.17. The van der Waals surface area contributed by atoms with Crippen LogP contribution in [0.3, 0.4) is 0 Å². The Morgan fingerprint density at radius 1 is 1.35 bits per heavy atom. The van der Waals surface area contributed by atoms with Crippen molar-refractivity contribution in [1.82, 2.24) is 15.1 Å². The van der Waals surface area contributed by atoms with Crippen LogP contribution in [0.5, 0.6) is 0 Å². The van der Waals surface area contributed by atoms with Gasteiger partial charge in [-0.3, -0.25) is 4.68 Å². The number of nitrogens with one attached hydrogen (secondary N) is 1. The predicted octanol–water partition coefficient (Wildman–Crippen LogP) is 3.45. The minimum absolute atomic E-state index is 0.555. The molecular weight excluding hydrogens is 246 g/mol. The fraction of sp³-hybridized carbons (Fsp3) is 0.706. The third kappa shape index (κ3) is 3.51. The van der Waals surface area contributed by atoms with Gasteiger partial charge < -0.3 is 5.32 Å². The number of aromatic nitrogens is 2. The van der Waals surface area contributed by atoms with Crippen LogP contribution in [0.25, 0.3) is 0 Å². The molecule has 3 nitrogen and oxygen atoms in total. The van der Waals surface area contributed by atoms with E-state index in [0.29, 0.717) is 6.04 Å². The third-order valence-corrected chi connectivity index (χ3v) is 4.57. The Bertz CT molecular complexity index is 471. The summed E-state index contributed by atoms with van der Waals surface area (Å²) in [4.78, 5) is 0. The summed E-state index contributed by atoms with van der Waals surface area (Å²) in [5.41, 5.74) is 5.58. The molecule has 1 aliphatic carbocycles. The Balaban J connectivity index is 2.03. The molecule has 1 N–H and O–H groups in total. The van der Waals surface area contributed by atoms with Crippen LogP contribution in [0, 0.1) is 13.8 Å². The summed E-state index contributed by atoms with van der Waals surface area (Å²) in [7, 11) is 2.04. The lowest BCUT2D eigenvalue weighted by atomic mass is 9.90. The molecule has 3 heteroatoms. The minimum atomic E-state index is 0.555. The van der Waals surface area contributed by atoms with Crippen LogP contribution in [-0.2, 0) is 13.5 Å². The quantitative estimate of drug-likeness (QED) is 0.806. The van der Waals surface area contributed by atoms with E-state index in [1.54, 1.807) is 5.57 Å². The average Bonchev–Trinajstić information content (AvgIpc) is 2.70. The normalized spacial score (nSPS) is 17.1. The van der Waals surface area contributed by atoms with Gasteiger partial charge in [0.25, 0.3) is 0 Å². The summed E-state index contributed by atoms with van der Waals surface area (Å²) >= 11 is 0. The molecule has 0 aromatic carbocycles. The van der Waals surface area contributed by atoms with Gasteiger partial charge in [-0.2, -0.15) is 5.10 Å². The second-order valence-corrected chi connectivity index (χ2v) is 5.95. The molecule has 0 spiro atoms. The SMILES string of the molecule is CCNC(CCc1c(C)nn(C)c1C)C1=CCCCC1. The number of aryl methyl sites for hydroxylation is 2. The summed E-state index contributed by atoms with van der Waals surface area (Å²) in [6.45, 7) is 7.56. The maximum Gasteiger partial charge on any atom is 0.0628 e. The molecule has 1 aromatic rings. The molecule has 0 fully saturated rings. The second kappa shape index (κ2) is 7.07. The molecule has 0 saturated heterocycles. The zero-order chi connectivity index (χ0) is 14.5. The van der Waals surface area contributed by atoms with Gasteiger partial charge in [0, 0.05) is 18.8 Å². The first-order valence-electron chi connectivity index (χ1n) is 8.04. The van der Waals surface area contributed by atoms with Crippen molar-refractivity contribution in [1.29, 1.82) is 0 Å². The standard InChI is InChI=1S/C17H29N3/c1-5-18-17(15-9-7-6-8-10-15)12-11-16-13(2)19-20(4)14(16)3/h9,17-18H,5-8,10-12H2,1-4H3. The van der Waals surface area contributed by atoms with Crippen LogP contribution in [0.15, 0.2) is 11.6 Å². The minimum Gasteiger partial charge on any atom is -0.311 e. The Hall–Kier alpha value is -1.09. The van der Waals surface area contributed by atoms with Crippen molar-refractivity contribution in [2.24, 2.45) is 7.05 Å². The molecule has 1 unspecified atom stereocenters. The van der Waals surface area contributed by atoms with E-state index in [1.807, 2.05) is 11.7 Å². The number of likely N-dealkylation sites (N-methyl/N-ethyl adjacent to an activating group) is 1. The van der Waals surface area contributed by atoms with Crippen LogP contribution >= 0.6 is 0 Å². The van der Waals surface area contributed by atoms with Crippen LogP contribution in [-0.4, -0.2) is 22.4 Å². The maximum absolute atomic E-state index is 4.53. The summed E-state index contributed by atoms with van der Waals surface area (Å²) in [5.74, 6) is 0. The van der Waals surface area contributed by atoms with Crippen molar-refractivity contribution in [3.05, 3.63) is 28.6 Å². The molecular formula is C17H29N3. The van der Waals surface area contributed by atoms with Crippen LogP contribution < -0.4 is 5.32 Å². The molecule has 0 radical (unpaired) electrons. The second-order valence-electron chi connectivity index (χ2n) is 5.95. The zero-order valence-corrected chi connectivity index (χ0v) is 13.5. The van der Waals surface area contributed by atoms with Gasteiger partial charge in [0.15, 0.2) is 0 Å². The van der Waals surface area contributed by atoms with Crippen molar-refractivity contribution in [2.45, 2.75) is 65.3 Å². The molecule has 112 valence electrons.